The number of nitrogens with zero attached hydrogens (tertiary/aromatic N) is 1. The third-order valence-electron chi connectivity index (χ3n) is 3.13. The Morgan fingerprint density at radius 1 is 1.33 bits per heavy atom. The molecule has 1 aromatic heterocycles. The van der Waals surface area contributed by atoms with Crippen LogP contribution in [0, 0.1) is 0 Å². The fourth-order valence-corrected chi connectivity index (χ4v) is 3.01. The Kier molecular flexibility index (Phi) is 4.26. The van der Waals surface area contributed by atoms with Crippen LogP contribution in [0.5, 0.6) is 11.5 Å². The van der Waals surface area contributed by atoms with E-state index in [0.717, 1.165) is 27.9 Å². The molecule has 112 valence electrons. The topological polar surface area (TPSA) is 52.6 Å². The molecule has 0 fully saturated rings. The van der Waals surface area contributed by atoms with Crippen LogP contribution in [0.2, 0.25) is 0 Å². The summed E-state index contributed by atoms with van der Waals surface area (Å²) in [5.74, 6) is 1.58. The van der Waals surface area contributed by atoms with E-state index in [0.29, 0.717) is 19.8 Å². The first-order valence-electron chi connectivity index (χ1n) is 6.87. The van der Waals surface area contributed by atoms with E-state index in [-0.39, 0.29) is 6.04 Å². The molecule has 3 rings (SSSR count). The van der Waals surface area contributed by atoms with Crippen molar-refractivity contribution in [2.45, 2.75) is 13.0 Å². The van der Waals surface area contributed by atoms with Crippen LogP contribution in [0.3, 0.4) is 0 Å². The molecule has 1 N–H and O–H groups in total. The Morgan fingerprint density at radius 3 is 2.95 bits per heavy atom. The number of methoxy groups -OCH3 is 1. The van der Waals surface area contributed by atoms with E-state index in [2.05, 4.69) is 17.2 Å². The van der Waals surface area contributed by atoms with Crippen molar-refractivity contribution in [1.29, 1.82) is 0 Å². The van der Waals surface area contributed by atoms with Crippen LogP contribution in [0.15, 0.2) is 23.6 Å². The number of rotatable bonds is 5. The number of aromatic nitrogens is 1. The molecule has 21 heavy (non-hydrogen) atoms. The molecule has 0 radical (unpaired) electrons. The van der Waals surface area contributed by atoms with Crippen LogP contribution < -0.4 is 14.8 Å². The van der Waals surface area contributed by atoms with Gasteiger partial charge in [-0.25, -0.2) is 4.98 Å². The largest absolute Gasteiger partial charge is 0.486 e. The van der Waals surface area contributed by atoms with Crippen LogP contribution >= 0.6 is 11.3 Å². The fourth-order valence-electron chi connectivity index (χ4n) is 2.18. The molecule has 1 atom stereocenters. The van der Waals surface area contributed by atoms with Gasteiger partial charge in [0, 0.05) is 24.1 Å². The van der Waals surface area contributed by atoms with Gasteiger partial charge in [0.05, 0.1) is 12.3 Å². The molecular weight excluding hydrogens is 288 g/mol. The Bertz CT molecular complexity index is 615. The standard InChI is InChI=1S/C15H18N2O3S/c1-10(8-18-2)16-15-17-12(9-21-15)11-3-4-13-14(7-11)20-6-5-19-13/h3-4,7,9-10H,5-6,8H2,1-2H3,(H,16,17)/t10-/m1/s1. The van der Waals surface area contributed by atoms with Gasteiger partial charge in [-0.3, -0.25) is 0 Å². The number of nitrogens with one attached hydrogen (secondary N) is 1. The van der Waals surface area contributed by atoms with E-state index in [1.54, 1.807) is 18.4 Å². The van der Waals surface area contributed by atoms with E-state index < -0.39 is 0 Å². The van der Waals surface area contributed by atoms with Crippen molar-refractivity contribution < 1.29 is 14.2 Å². The summed E-state index contributed by atoms with van der Waals surface area (Å²) in [4.78, 5) is 4.61. The molecule has 0 spiro atoms. The number of hydrogen-bond acceptors (Lipinski definition) is 6. The summed E-state index contributed by atoms with van der Waals surface area (Å²) in [6.07, 6.45) is 0. The average Bonchev–Trinajstić information content (AvgIpc) is 2.95. The molecule has 0 saturated carbocycles. The summed E-state index contributed by atoms with van der Waals surface area (Å²) in [6.45, 7) is 3.91. The Hall–Kier alpha value is -1.79. The quantitative estimate of drug-likeness (QED) is 0.920. The van der Waals surface area contributed by atoms with Gasteiger partial charge in [-0.05, 0) is 25.1 Å². The minimum Gasteiger partial charge on any atom is -0.486 e. The van der Waals surface area contributed by atoms with Crippen molar-refractivity contribution >= 4 is 16.5 Å². The Balaban J connectivity index is 1.76. The maximum Gasteiger partial charge on any atom is 0.183 e. The lowest BCUT2D eigenvalue weighted by atomic mass is 10.1. The number of fused-ring (bicyclic) bond motifs is 1. The number of benzene rings is 1. The lowest BCUT2D eigenvalue weighted by Crippen LogP contribution is -2.20. The van der Waals surface area contributed by atoms with E-state index >= 15 is 0 Å². The zero-order chi connectivity index (χ0) is 14.7. The van der Waals surface area contributed by atoms with Gasteiger partial charge >= 0.3 is 0 Å². The predicted molar refractivity (Wildman–Crippen MR) is 83.5 cm³/mol. The molecule has 1 aliphatic rings. The maximum atomic E-state index is 5.61. The predicted octanol–water partition coefficient (Wildman–Crippen LogP) is 3.03. The van der Waals surface area contributed by atoms with Crippen LogP contribution in [0.1, 0.15) is 6.92 Å². The second-order valence-corrected chi connectivity index (χ2v) is 5.76. The molecule has 2 aromatic rings. The minimum absolute atomic E-state index is 0.231. The highest BCUT2D eigenvalue weighted by molar-refractivity contribution is 7.14. The Morgan fingerprint density at radius 2 is 2.14 bits per heavy atom. The highest BCUT2D eigenvalue weighted by atomic mass is 32.1. The fraction of sp³-hybridized carbons (Fsp3) is 0.400. The summed E-state index contributed by atoms with van der Waals surface area (Å²) in [5, 5.41) is 6.25. The molecule has 5 nitrogen and oxygen atoms in total. The summed E-state index contributed by atoms with van der Waals surface area (Å²) < 4.78 is 16.3. The van der Waals surface area contributed by atoms with E-state index in [9.17, 15) is 0 Å². The van der Waals surface area contributed by atoms with Crippen molar-refractivity contribution in [3.8, 4) is 22.8 Å². The molecule has 0 unspecified atom stereocenters. The second kappa shape index (κ2) is 6.32. The van der Waals surface area contributed by atoms with Gasteiger partial charge in [0.15, 0.2) is 16.6 Å². The van der Waals surface area contributed by atoms with Crippen molar-refractivity contribution in [2.75, 3.05) is 32.2 Å². The first-order chi connectivity index (χ1) is 10.3. The van der Waals surface area contributed by atoms with E-state index in [4.69, 9.17) is 14.2 Å². The van der Waals surface area contributed by atoms with E-state index in [1.165, 1.54) is 0 Å². The molecule has 6 heteroatoms. The summed E-state index contributed by atoms with van der Waals surface area (Å²) >= 11 is 1.59. The highest BCUT2D eigenvalue weighted by Gasteiger charge is 2.14. The summed E-state index contributed by atoms with van der Waals surface area (Å²) in [5.41, 5.74) is 1.96. The van der Waals surface area contributed by atoms with Gasteiger partial charge < -0.3 is 19.5 Å². The SMILES string of the molecule is COC[C@@H](C)Nc1nc(-c2ccc3c(c2)OCCO3)cs1. The van der Waals surface area contributed by atoms with Crippen molar-refractivity contribution in [3.05, 3.63) is 23.6 Å². The molecule has 1 aromatic carbocycles. The van der Waals surface area contributed by atoms with Crippen LogP contribution in [0.4, 0.5) is 5.13 Å². The van der Waals surface area contributed by atoms with Gasteiger partial charge in [0.25, 0.3) is 0 Å². The number of ether oxygens (including phenoxy) is 3. The molecule has 2 heterocycles. The normalized spacial score (nSPS) is 14.8. The lowest BCUT2D eigenvalue weighted by Gasteiger charge is -2.18. The van der Waals surface area contributed by atoms with Crippen LogP contribution in [0.25, 0.3) is 11.3 Å². The molecule has 1 aliphatic heterocycles. The monoisotopic (exact) mass is 306 g/mol. The molecule has 0 amide bonds. The summed E-state index contributed by atoms with van der Waals surface area (Å²) in [6, 6.07) is 6.15. The maximum absolute atomic E-state index is 5.61. The summed E-state index contributed by atoms with van der Waals surface area (Å²) in [7, 11) is 1.70. The van der Waals surface area contributed by atoms with Gasteiger partial charge in [0.1, 0.15) is 13.2 Å². The molecule has 0 aliphatic carbocycles. The number of anilines is 1. The highest BCUT2D eigenvalue weighted by Crippen LogP contribution is 2.35. The molecular formula is C15H18N2O3S. The average molecular weight is 306 g/mol. The van der Waals surface area contributed by atoms with Gasteiger partial charge in [0.2, 0.25) is 0 Å². The van der Waals surface area contributed by atoms with E-state index in [1.807, 2.05) is 23.6 Å². The van der Waals surface area contributed by atoms with Crippen molar-refractivity contribution in [2.24, 2.45) is 0 Å². The van der Waals surface area contributed by atoms with Gasteiger partial charge in [-0.15, -0.1) is 11.3 Å². The first kappa shape index (κ1) is 14.2. The molecule has 0 bridgehead atoms. The smallest absolute Gasteiger partial charge is 0.183 e. The van der Waals surface area contributed by atoms with Crippen molar-refractivity contribution in [3.63, 3.8) is 0 Å². The number of thiazole rings is 1. The molecule has 0 saturated heterocycles. The third kappa shape index (κ3) is 3.28. The number of hydrogen-bond donors (Lipinski definition) is 1. The zero-order valence-corrected chi connectivity index (χ0v) is 12.9. The second-order valence-electron chi connectivity index (χ2n) is 4.90. The Labute approximate surface area is 127 Å². The third-order valence-corrected chi connectivity index (χ3v) is 3.90. The zero-order valence-electron chi connectivity index (χ0n) is 12.1. The minimum atomic E-state index is 0.231. The lowest BCUT2D eigenvalue weighted by molar-refractivity contribution is 0.171. The van der Waals surface area contributed by atoms with Gasteiger partial charge in [-0.2, -0.15) is 0 Å². The first-order valence-corrected chi connectivity index (χ1v) is 7.75. The van der Waals surface area contributed by atoms with Crippen LogP contribution in [-0.2, 0) is 4.74 Å². The van der Waals surface area contributed by atoms with Gasteiger partial charge in [-0.1, -0.05) is 0 Å². The van der Waals surface area contributed by atoms with Crippen molar-refractivity contribution in [1.82, 2.24) is 4.98 Å². The van der Waals surface area contributed by atoms with Crippen LogP contribution in [-0.4, -0.2) is 38.0 Å².